The van der Waals surface area contributed by atoms with Crippen LogP contribution in [0.15, 0.2) is 0 Å². The molecule has 0 spiro atoms. The third-order valence-corrected chi connectivity index (χ3v) is 23.7. The van der Waals surface area contributed by atoms with Gasteiger partial charge >= 0.3 is 35.2 Å². The lowest BCUT2D eigenvalue weighted by molar-refractivity contribution is 0.0663. The van der Waals surface area contributed by atoms with Gasteiger partial charge in [0.1, 0.15) is 0 Å². The third-order valence-electron chi connectivity index (χ3n) is 11.1. The van der Waals surface area contributed by atoms with Gasteiger partial charge in [-0.1, -0.05) is 0 Å². The van der Waals surface area contributed by atoms with Crippen LogP contribution in [0.1, 0.15) is 109 Å². The van der Waals surface area contributed by atoms with Crippen LogP contribution in [0.4, 0.5) is 0 Å². The van der Waals surface area contributed by atoms with E-state index in [1.165, 1.54) is 0 Å². The molecule has 0 amide bonds. The summed E-state index contributed by atoms with van der Waals surface area (Å²) < 4.78 is 71.8. The highest BCUT2D eigenvalue weighted by molar-refractivity contribution is 6.61. The lowest BCUT2D eigenvalue weighted by Crippen LogP contribution is -2.49. The molecule has 2 aliphatic rings. The highest BCUT2D eigenvalue weighted by Gasteiger charge is 2.43. The minimum Gasteiger partial charge on any atom is -0.374 e. The number of hydrogen-bond acceptors (Lipinski definition) is 16. The molecule has 0 aromatic heterocycles. The van der Waals surface area contributed by atoms with Crippen LogP contribution >= 0.6 is 0 Å². The molecule has 0 unspecified atom stereocenters. The normalized spacial score (nSPS) is 16.7. The number of piperazine rings is 2. The maximum Gasteiger partial charge on any atom is 0.500 e. The Balaban J connectivity index is 0.000000640. The molecule has 2 heterocycles. The Hall–Kier alpha value is 0.228. The van der Waals surface area contributed by atoms with E-state index < -0.39 is 35.2 Å². The molecule has 0 aromatic carbocycles. The van der Waals surface area contributed by atoms with Gasteiger partial charge in [-0.3, -0.25) is 0 Å². The first kappa shape index (κ1) is 62.2. The van der Waals surface area contributed by atoms with E-state index in [0.29, 0.717) is 79.3 Å². The minimum absolute atomic E-state index is 0.644. The summed E-state index contributed by atoms with van der Waals surface area (Å²) >= 11 is 0. The van der Waals surface area contributed by atoms with Crippen LogP contribution in [-0.2, 0) is 53.1 Å². The number of nitrogens with zero attached hydrogens (tertiary/aromatic N) is 4. The average Bonchev–Trinajstić information content (AvgIpc) is 3.26. The first-order valence-electron chi connectivity index (χ1n) is 25.6. The Kier molecular flexibility index (Phi) is 37.0. The van der Waals surface area contributed by atoms with Crippen molar-refractivity contribution in [2.45, 2.75) is 133 Å². The molecule has 0 N–H and O–H groups in total. The van der Waals surface area contributed by atoms with Crippen molar-refractivity contribution in [2.24, 2.45) is 0 Å². The number of hydrogen-bond donors (Lipinski definition) is 0. The second-order valence-corrected chi connectivity index (χ2v) is 26.6. The molecule has 0 radical (unpaired) electrons. The molecule has 0 bridgehead atoms. The smallest absolute Gasteiger partial charge is 0.374 e. The van der Waals surface area contributed by atoms with Crippen molar-refractivity contribution < 1.29 is 53.1 Å². The molecule has 64 heavy (non-hydrogen) atoms. The quantitative estimate of drug-likeness (QED) is 0.0588. The van der Waals surface area contributed by atoms with Crippen molar-refractivity contribution in [2.75, 3.05) is 158 Å². The van der Waals surface area contributed by atoms with Crippen molar-refractivity contribution in [3.05, 3.63) is 0 Å². The predicted molar refractivity (Wildman–Crippen MR) is 266 cm³/mol. The standard InChI is InChI=1S/2C22H50N2O6Si2/c2*1-7-25-31(26-8-2,27-9-3)21-13-15-23-17-19-24(20-18-23)16-14-22-32(28-10-4,29-11-5)30-12-6/h2*7-22H2,1-6H3. The average molecular weight is 990 g/mol. The zero-order valence-electron chi connectivity index (χ0n) is 43.3. The minimum atomic E-state index is -2.52. The molecule has 2 aliphatic heterocycles. The Morgan fingerprint density at radius 1 is 0.234 bits per heavy atom. The highest BCUT2D eigenvalue weighted by atomic mass is 28.4. The fourth-order valence-electron chi connectivity index (χ4n) is 8.55. The second kappa shape index (κ2) is 38.0. The zero-order valence-corrected chi connectivity index (χ0v) is 47.3. The van der Waals surface area contributed by atoms with E-state index in [9.17, 15) is 0 Å². The summed E-state index contributed by atoms with van der Waals surface area (Å²) in [5, 5.41) is 0. The lowest BCUT2D eigenvalue weighted by atomic mass is 10.3. The van der Waals surface area contributed by atoms with E-state index in [4.69, 9.17) is 53.1 Å². The van der Waals surface area contributed by atoms with Gasteiger partial charge in [0.2, 0.25) is 0 Å². The predicted octanol–water partition coefficient (Wildman–Crippen LogP) is 6.96. The zero-order chi connectivity index (χ0) is 47.4. The van der Waals surface area contributed by atoms with E-state index in [1.807, 2.05) is 83.1 Å². The lowest BCUT2D eigenvalue weighted by Gasteiger charge is -2.36. The summed E-state index contributed by atoms with van der Waals surface area (Å²) in [4.78, 5) is 10.2. The van der Waals surface area contributed by atoms with Crippen LogP contribution in [0.2, 0.25) is 24.2 Å². The van der Waals surface area contributed by atoms with E-state index in [1.54, 1.807) is 0 Å². The van der Waals surface area contributed by atoms with Gasteiger partial charge in [-0.2, -0.15) is 0 Å². The Bertz CT molecular complexity index is 844. The molecule has 2 saturated heterocycles. The molecule has 20 heteroatoms. The molecule has 16 nitrogen and oxygen atoms in total. The van der Waals surface area contributed by atoms with Crippen molar-refractivity contribution in [3.63, 3.8) is 0 Å². The summed E-state index contributed by atoms with van der Waals surface area (Å²) in [7, 11) is -10.1. The summed E-state index contributed by atoms with van der Waals surface area (Å²) in [6.45, 7) is 45.1. The molecule has 0 saturated carbocycles. The number of rotatable bonds is 40. The van der Waals surface area contributed by atoms with Crippen molar-refractivity contribution >= 4 is 35.2 Å². The van der Waals surface area contributed by atoms with Gasteiger partial charge in [-0.25, -0.2) is 0 Å². The highest BCUT2D eigenvalue weighted by Crippen LogP contribution is 2.23. The van der Waals surface area contributed by atoms with Gasteiger partial charge in [0.05, 0.1) is 0 Å². The maximum atomic E-state index is 5.98. The fourth-order valence-corrected chi connectivity index (χ4v) is 18.9. The molecule has 384 valence electrons. The molecule has 0 atom stereocenters. The van der Waals surface area contributed by atoms with Gasteiger partial charge in [-0.05, 0) is 135 Å². The van der Waals surface area contributed by atoms with Gasteiger partial charge in [0.15, 0.2) is 0 Å². The SMILES string of the molecule is CCO[Si](CCCN1CCN(CCC[Si](OCC)(OCC)OCC)CC1)(OCC)OCC.CCO[Si](CCCN1CCN(CCC[Si](OCC)(OCC)OCC)CC1)(OCC)OCC. The molecule has 2 rings (SSSR count). The molecular formula is C44H100N4O12Si4. The third kappa shape index (κ3) is 25.2. The Morgan fingerprint density at radius 3 is 0.469 bits per heavy atom. The van der Waals surface area contributed by atoms with Crippen LogP contribution in [0.25, 0.3) is 0 Å². The largest absolute Gasteiger partial charge is 0.500 e. The first-order valence-corrected chi connectivity index (χ1v) is 33.3. The molecule has 0 aliphatic carbocycles. The molecule has 0 aromatic rings. The molecule has 2 fully saturated rings. The van der Waals surface area contributed by atoms with Crippen molar-refractivity contribution in [1.29, 1.82) is 0 Å². The van der Waals surface area contributed by atoms with Gasteiger partial charge in [0, 0.05) is 156 Å². The van der Waals surface area contributed by atoms with E-state index in [2.05, 4.69) is 19.6 Å². The fraction of sp³-hybridized carbons (Fsp3) is 1.00. The summed E-state index contributed by atoms with van der Waals surface area (Å²) in [5.41, 5.74) is 0. The van der Waals surface area contributed by atoms with Gasteiger partial charge in [0.25, 0.3) is 0 Å². The summed E-state index contributed by atoms with van der Waals surface area (Å²) in [6.07, 6.45) is 4.21. The Labute approximate surface area is 397 Å². The van der Waals surface area contributed by atoms with E-state index >= 15 is 0 Å². The first-order chi connectivity index (χ1) is 31.0. The van der Waals surface area contributed by atoms with Gasteiger partial charge in [-0.15, -0.1) is 0 Å². The summed E-state index contributed by atoms with van der Waals surface area (Å²) in [6, 6.07) is 3.56. The van der Waals surface area contributed by atoms with Crippen LogP contribution in [0, 0.1) is 0 Å². The van der Waals surface area contributed by atoms with Crippen LogP contribution in [0.3, 0.4) is 0 Å². The van der Waals surface area contributed by atoms with E-state index in [-0.39, 0.29) is 0 Å². The van der Waals surface area contributed by atoms with Crippen LogP contribution < -0.4 is 0 Å². The second-order valence-electron chi connectivity index (χ2n) is 15.7. The monoisotopic (exact) mass is 989 g/mol. The van der Waals surface area contributed by atoms with Gasteiger partial charge < -0.3 is 72.7 Å². The Morgan fingerprint density at radius 2 is 0.359 bits per heavy atom. The molecular weight excluding hydrogens is 889 g/mol. The summed E-state index contributed by atoms with van der Waals surface area (Å²) in [5.74, 6) is 0. The maximum absolute atomic E-state index is 5.98. The van der Waals surface area contributed by atoms with Crippen LogP contribution in [-0.4, -0.2) is 213 Å². The topological polar surface area (TPSA) is 124 Å². The van der Waals surface area contributed by atoms with Crippen molar-refractivity contribution in [1.82, 2.24) is 19.6 Å². The van der Waals surface area contributed by atoms with Crippen molar-refractivity contribution in [3.8, 4) is 0 Å². The van der Waals surface area contributed by atoms with Crippen LogP contribution in [0.5, 0.6) is 0 Å². The van der Waals surface area contributed by atoms with E-state index in [0.717, 1.165) is 128 Å².